The van der Waals surface area contributed by atoms with Crippen LogP contribution in [0.2, 0.25) is 0 Å². The predicted molar refractivity (Wildman–Crippen MR) is 107 cm³/mol. The van der Waals surface area contributed by atoms with Crippen LogP contribution in [0.3, 0.4) is 0 Å². The van der Waals surface area contributed by atoms with Crippen molar-refractivity contribution in [1.29, 1.82) is 0 Å². The maximum atomic E-state index is 12.2. The first kappa shape index (κ1) is 20.1. The van der Waals surface area contributed by atoms with Gasteiger partial charge in [-0.1, -0.05) is 20.8 Å². The lowest BCUT2D eigenvalue weighted by Crippen LogP contribution is -2.50. The van der Waals surface area contributed by atoms with Crippen molar-refractivity contribution < 1.29 is 9.18 Å². The molecule has 0 aromatic carbocycles. The van der Waals surface area contributed by atoms with Gasteiger partial charge in [-0.3, -0.25) is 9.69 Å². The molecule has 150 valence electrons. The standard InChI is InChI=1S/C21H33FN4O/c1-21(2,3)16-4-5-17(14-16)25-10-12-26(13-11-25)18-6-7-19(24-15-18)20(27)23-9-8-22/h6-7,15-17H,4-5,8-14H2,1-3H3,(H,23,27)/t16?,17-/m1/s1. The normalized spacial score (nSPS) is 24.2. The van der Waals surface area contributed by atoms with Gasteiger partial charge >= 0.3 is 0 Å². The first-order chi connectivity index (χ1) is 12.9. The summed E-state index contributed by atoms with van der Waals surface area (Å²) in [6.45, 7) is 10.7. The summed E-state index contributed by atoms with van der Waals surface area (Å²) in [5.74, 6) is 0.513. The van der Waals surface area contributed by atoms with Gasteiger partial charge in [0.15, 0.2) is 0 Å². The summed E-state index contributed by atoms with van der Waals surface area (Å²) >= 11 is 0. The third-order valence-electron chi connectivity index (χ3n) is 6.19. The number of carbonyl (C=O) groups is 1. The van der Waals surface area contributed by atoms with Crippen LogP contribution in [0.25, 0.3) is 0 Å². The van der Waals surface area contributed by atoms with Gasteiger partial charge in [-0.05, 0) is 42.7 Å². The highest BCUT2D eigenvalue weighted by Crippen LogP contribution is 2.41. The Morgan fingerprint density at radius 2 is 1.96 bits per heavy atom. The van der Waals surface area contributed by atoms with Crippen molar-refractivity contribution in [3.8, 4) is 0 Å². The van der Waals surface area contributed by atoms with Crippen LogP contribution in [0.5, 0.6) is 0 Å². The second-order valence-corrected chi connectivity index (χ2v) is 8.90. The number of carbonyl (C=O) groups excluding carboxylic acids is 1. The van der Waals surface area contributed by atoms with E-state index in [2.05, 4.69) is 40.9 Å². The maximum absolute atomic E-state index is 12.2. The minimum atomic E-state index is -0.564. The van der Waals surface area contributed by atoms with Crippen LogP contribution < -0.4 is 10.2 Å². The number of pyridine rings is 1. The number of hydrogen-bond donors (Lipinski definition) is 1. The number of nitrogens with zero attached hydrogens (tertiary/aromatic N) is 3. The Hall–Kier alpha value is -1.69. The number of piperazine rings is 1. The van der Waals surface area contributed by atoms with E-state index in [-0.39, 0.29) is 12.5 Å². The summed E-state index contributed by atoms with van der Waals surface area (Å²) in [6.07, 6.45) is 5.76. The average Bonchev–Trinajstić information content (AvgIpc) is 3.17. The van der Waals surface area contributed by atoms with Crippen molar-refractivity contribution in [3.05, 3.63) is 24.0 Å². The van der Waals surface area contributed by atoms with Crippen LogP contribution in [0.1, 0.15) is 50.5 Å². The summed E-state index contributed by atoms with van der Waals surface area (Å²) in [7, 11) is 0. The SMILES string of the molecule is CC(C)(C)C1CC[C@@H](N2CCN(c3ccc(C(=O)NCCF)nc3)CC2)C1. The lowest BCUT2D eigenvalue weighted by Gasteiger charge is -2.39. The molecule has 1 aromatic heterocycles. The summed E-state index contributed by atoms with van der Waals surface area (Å²) in [5.41, 5.74) is 1.81. The van der Waals surface area contributed by atoms with Gasteiger partial charge in [0.2, 0.25) is 0 Å². The highest BCUT2D eigenvalue weighted by Gasteiger charge is 2.36. The number of amides is 1. The minimum absolute atomic E-state index is 0.0292. The Morgan fingerprint density at radius 1 is 1.22 bits per heavy atom. The smallest absolute Gasteiger partial charge is 0.269 e. The van der Waals surface area contributed by atoms with Crippen molar-refractivity contribution in [2.24, 2.45) is 11.3 Å². The van der Waals surface area contributed by atoms with E-state index in [4.69, 9.17) is 0 Å². The predicted octanol–water partition coefficient (Wildman–Crippen LogP) is 3.12. The van der Waals surface area contributed by atoms with E-state index in [1.54, 1.807) is 12.3 Å². The molecule has 1 aromatic rings. The summed E-state index contributed by atoms with van der Waals surface area (Å²) in [4.78, 5) is 21.1. The zero-order chi connectivity index (χ0) is 19.4. The molecule has 1 saturated carbocycles. The van der Waals surface area contributed by atoms with Crippen LogP contribution in [0.4, 0.5) is 10.1 Å². The molecule has 2 aliphatic rings. The molecule has 1 saturated heterocycles. The molecule has 5 nitrogen and oxygen atoms in total. The third-order valence-corrected chi connectivity index (χ3v) is 6.19. The maximum Gasteiger partial charge on any atom is 0.269 e. The highest BCUT2D eigenvalue weighted by atomic mass is 19.1. The molecule has 0 radical (unpaired) electrons. The Balaban J connectivity index is 1.50. The van der Waals surface area contributed by atoms with Gasteiger partial charge in [-0.25, -0.2) is 9.37 Å². The molecular weight excluding hydrogens is 343 g/mol. The van der Waals surface area contributed by atoms with Gasteiger partial charge in [0, 0.05) is 38.8 Å². The number of aromatic nitrogens is 1. The molecule has 27 heavy (non-hydrogen) atoms. The molecule has 0 bridgehead atoms. The van der Waals surface area contributed by atoms with Gasteiger partial charge in [-0.15, -0.1) is 0 Å². The Bertz CT molecular complexity index is 620. The molecule has 0 spiro atoms. The van der Waals surface area contributed by atoms with Gasteiger partial charge in [-0.2, -0.15) is 0 Å². The monoisotopic (exact) mass is 376 g/mol. The van der Waals surface area contributed by atoms with Crippen LogP contribution >= 0.6 is 0 Å². The molecule has 2 atom stereocenters. The number of nitrogens with one attached hydrogen (secondary N) is 1. The molecule has 1 N–H and O–H groups in total. The van der Waals surface area contributed by atoms with Crippen LogP contribution in [0, 0.1) is 11.3 Å². The van der Waals surface area contributed by atoms with E-state index in [0.717, 1.165) is 43.8 Å². The fraction of sp³-hybridized carbons (Fsp3) is 0.714. The quantitative estimate of drug-likeness (QED) is 0.858. The highest BCUT2D eigenvalue weighted by molar-refractivity contribution is 5.92. The summed E-state index contributed by atoms with van der Waals surface area (Å²) in [5, 5.41) is 2.50. The van der Waals surface area contributed by atoms with Crippen molar-refractivity contribution >= 4 is 11.6 Å². The largest absolute Gasteiger partial charge is 0.368 e. The molecule has 1 aliphatic heterocycles. The first-order valence-electron chi connectivity index (χ1n) is 10.2. The van der Waals surface area contributed by atoms with E-state index in [1.165, 1.54) is 19.3 Å². The van der Waals surface area contributed by atoms with E-state index >= 15 is 0 Å². The van der Waals surface area contributed by atoms with E-state index < -0.39 is 6.67 Å². The molecule has 2 heterocycles. The number of rotatable bonds is 5. The molecule has 1 aliphatic carbocycles. The van der Waals surface area contributed by atoms with E-state index in [1.807, 2.05) is 6.07 Å². The van der Waals surface area contributed by atoms with Crippen LogP contribution in [-0.4, -0.2) is 61.2 Å². The number of halogens is 1. The fourth-order valence-electron chi connectivity index (χ4n) is 4.38. The Kier molecular flexibility index (Phi) is 6.35. The third kappa shape index (κ3) is 4.98. The first-order valence-corrected chi connectivity index (χ1v) is 10.2. The molecule has 2 fully saturated rings. The van der Waals surface area contributed by atoms with E-state index in [9.17, 15) is 9.18 Å². The van der Waals surface area contributed by atoms with Crippen molar-refractivity contribution in [1.82, 2.24) is 15.2 Å². The number of anilines is 1. The van der Waals surface area contributed by atoms with Crippen LogP contribution in [-0.2, 0) is 0 Å². The number of hydrogen-bond acceptors (Lipinski definition) is 4. The molecule has 3 rings (SSSR count). The lowest BCUT2D eigenvalue weighted by atomic mass is 9.79. The van der Waals surface area contributed by atoms with Gasteiger partial charge in [0.25, 0.3) is 5.91 Å². The summed E-state index contributed by atoms with van der Waals surface area (Å²) < 4.78 is 12.2. The zero-order valence-corrected chi connectivity index (χ0v) is 16.9. The summed E-state index contributed by atoms with van der Waals surface area (Å²) in [6, 6.07) is 4.40. The van der Waals surface area contributed by atoms with Crippen molar-refractivity contribution in [3.63, 3.8) is 0 Å². The zero-order valence-electron chi connectivity index (χ0n) is 16.9. The Morgan fingerprint density at radius 3 is 2.52 bits per heavy atom. The molecule has 1 amide bonds. The van der Waals surface area contributed by atoms with Gasteiger partial charge in [0.05, 0.1) is 11.9 Å². The van der Waals surface area contributed by atoms with E-state index in [0.29, 0.717) is 11.1 Å². The second-order valence-electron chi connectivity index (χ2n) is 8.90. The second kappa shape index (κ2) is 8.55. The molecular formula is C21H33FN4O. The average molecular weight is 377 g/mol. The fourth-order valence-corrected chi connectivity index (χ4v) is 4.38. The van der Waals surface area contributed by atoms with Gasteiger partial charge in [0.1, 0.15) is 12.4 Å². The van der Waals surface area contributed by atoms with Crippen LogP contribution in [0.15, 0.2) is 18.3 Å². The topological polar surface area (TPSA) is 48.5 Å². The lowest BCUT2D eigenvalue weighted by molar-refractivity contribution is 0.0946. The van der Waals surface area contributed by atoms with Gasteiger partial charge < -0.3 is 10.2 Å². The molecule has 6 heteroatoms. The molecule has 1 unspecified atom stereocenters. The van der Waals surface area contributed by atoms with Crippen molar-refractivity contribution in [2.75, 3.05) is 44.3 Å². The Labute approximate surface area is 162 Å². The van der Waals surface area contributed by atoms with Crippen molar-refractivity contribution in [2.45, 2.75) is 46.1 Å². The minimum Gasteiger partial charge on any atom is -0.368 e. The number of alkyl halides is 1.